The van der Waals surface area contributed by atoms with Crippen molar-refractivity contribution < 1.29 is 19.7 Å². The molecule has 3 N–H and O–H groups in total. The molecule has 110 valence electrons. The van der Waals surface area contributed by atoms with Crippen LogP contribution in [0, 0.1) is 0 Å². The number of aliphatic carboxylic acids is 1. The van der Waals surface area contributed by atoms with Crippen LogP contribution in [-0.4, -0.2) is 23.3 Å². The average molecular weight is 287 g/mol. The van der Waals surface area contributed by atoms with E-state index in [-0.39, 0.29) is 12.2 Å². The zero-order chi connectivity index (χ0) is 15.2. The molecule has 0 aliphatic carbocycles. The van der Waals surface area contributed by atoms with Gasteiger partial charge in [-0.15, -0.1) is 0 Å². The third kappa shape index (κ3) is 4.14. The lowest BCUT2D eigenvalue weighted by atomic mass is 10.1. The van der Waals surface area contributed by atoms with Gasteiger partial charge in [-0.3, -0.25) is 4.79 Å². The summed E-state index contributed by atoms with van der Waals surface area (Å²) >= 11 is 0. The van der Waals surface area contributed by atoms with E-state index in [4.69, 9.17) is 9.84 Å². The molecule has 21 heavy (non-hydrogen) atoms. The van der Waals surface area contributed by atoms with Crippen molar-refractivity contribution in [3.8, 4) is 11.5 Å². The average Bonchev–Trinajstić information content (AvgIpc) is 2.47. The van der Waals surface area contributed by atoms with Crippen molar-refractivity contribution in [2.45, 2.75) is 13.0 Å². The Hall–Kier alpha value is -2.69. The monoisotopic (exact) mass is 287 g/mol. The van der Waals surface area contributed by atoms with Crippen molar-refractivity contribution in [3.05, 3.63) is 53.6 Å². The molecule has 2 aromatic rings. The van der Waals surface area contributed by atoms with Crippen molar-refractivity contribution in [1.29, 1.82) is 0 Å². The molecule has 2 aromatic carbocycles. The zero-order valence-electron chi connectivity index (χ0n) is 11.7. The van der Waals surface area contributed by atoms with Crippen LogP contribution in [0.2, 0.25) is 0 Å². The van der Waals surface area contributed by atoms with Crippen LogP contribution in [0.15, 0.2) is 42.5 Å². The van der Waals surface area contributed by atoms with E-state index in [1.54, 1.807) is 24.3 Å². The predicted octanol–water partition coefficient (Wildman–Crippen LogP) is 2.64. The molecule has 0 unspecified atom stereocenters. The van der Waals surface area contributed by atoms with Crippen LogP contribution >= 0.6 is 0 Å². The van der Waals surface area contributed by atoms with Crippen molar-refractivity contribution in [1.82, 2.24) is 0 Å². The summed E-state index contributed by atoms with van der Waals surface area (Å²) in [5.74, 6) is -0.294. The van der Waals surface area contributed by atoms with Gasteiger partial charge < -0.3 is 20.3 Å². The molecule has 5 nitrogen and oxygen atoms in total. The lowest BCUT2D eigenvalue weighted by molar-refractivity contribution is -0.136. The minimum atomic E-state index is -0.841. The van der Waals surface area contributed by atoms with Gasteiger partial charge in [0.15, 0.2) is 11.5 Å². The van der Waals surface area contributed by atoms with Crippen LogP contribution in [0.1, 0.15) is 11.1 Å². The highest BCUT2D eigenvalue weighted by atomic mass is 16.5. The number of phenolic OH excluding ortho intramolecular Hbond substituents is 1. The number of phenols is 1. The molecule has 0 aliphatic rings. The van der Waals surface area contributed by atoms with Gasteiger partial charge in [-0.2, -0.15) is 0 Å². The molecule has 0 spiro atoms. The molecular formula is C16H17NO4. The quantitative estimate of drug-likeness (QED) is 0.761. The Morgan fingerprint density at radius 1 is 1.14 bits per heavy atom. The standard InChI is InChI=1S/C16H17NO4/c1-21-15-8-12(4-7-14(15)18)10-17-13-5-2-11(3-6-13)9-16(19)20/h2-8,17-18H,9-10H2,1H3,(H,19,20). The summed E-state index contributed by atoms with van der Waals surface area (Å²) in [6, 6.07) is 12.4. The van der Waals surface area contributed by atoms with E-state index < -0.39 is 5.97 Å². The number of nitrogens with one attached hydrogen (secondary N) is 1. The molecule has 0 heterocycles. The second-order valence-electron chi connectivity index (χ2n) is 4.63. The second kappa shape index (κ2) is 6.65. The van der Waals surface area contributed by atoms with E-state index in [1.807, 2.05) is 18.2 Å². The number of anilines is 1. The van der Waals surface area contributed by atoms with Gasteiger partial charge in [0, 0.05) is 12.2 Å². The van der Waals surface area contributed by atoms with E-state index in [2.05, 4.69) is 5.32 Å². The van der Waals surface area contributed by atoms with Gasteiger partial charge in [0.05, 0.1) is 13.5 Å². The number of carboxylic acids is 1. The molecular weight excluding hydrogens is 270 g/mol. The highest BCUT2D eigenvalue weighted by Crippen LogP contribution is 2.26. The fraction of sp³-hybridized carbons (Fsp3) is 0.188. The summed E-state index contributed by atoms with van der Waals surface area (Å²) in [6.45, 7) is 0.578. The topological polar surface area (TPSA) is 78.8 Å². The first-order valence-corrected chi connectivity index (χ1v) is 6.49. The minimum absolute atomic E-state index is 0.0233. The number of aromatic hydroxyl groups is 1. The molecule has 0 saturated carbocycles. The maximum atomic E-state index is 10.6. The summed E-state index contributed by atoms with van der Waals surface area (Å²) in [4.78, 5) is 10.6. The summed E-state index contributed by atoms with van der Waals surface area (Å²) in [6.07, 6.45) is 0.0233. The van der Waals surface area contributed by atoms with Crippen molar-refractivity contribution in [3.63, 3.8) is 0 Å². The van der Waals surface area contributed by atoms with Gasteiger partial charge in [0.25, 0.3) is 0 Å². The number of benzene rings is 2. The van der Waals surface area contributed by atoms with Crippen LogP contribution in [0.5, 0.6) is 11.5 Å². The fourth-order valence-electron chi connectivity index (χ4n) is 1.95. The van der Waals surface area contributed by atoms with Crippen LogP contribution < -0.4 is 10.1 Å². The Balaban J connectivity index is 1.98. The summed E-state index contributed by atoms with van der Waals surface area (Å²) in [5, 5.41) is 21.5. The second-order valence-corrected chi connectivity index (χ2v) is 4.63. The maximum Gasteiger partial charge on any atom is 0.307 e. The number of methoxy groups -OCH3 is 1. The summed E-state index contributed by atoms with van der Waals surface area (Å²) < 4.78 is 5.06. The Bertz CT molecular complexity index is 623. The normalized spacial score (nSPS) is 10.1. The molecule has 0 radical (unpaired) electrons. The molecule has 5 heteroatoms. The first-order chi connectivity index (χ1) is 10.1. The smallest absolute Gasteiger partial charge is 0.307 e. The van der Waals surface area contributed by atoms with E-state index >= 15 is 0 Å². The summed E-state index contributed by atoms with van der Waals surface area (Å²) in [5.41, 5.74) is 2.63. The Labute approximate surface area is 122 Å². The van der Waals surface area contributed by atoms with Gasteiger partial charge in [0.2, 0.25) is 0 Å². The lowest BCUT2D eigenvalue weighted by Gasteiger charge is -2.09. The zero-order valence-corrected chi connectivity index (χ0v) is 11.7. The van der Waals surface area contributed by atoms with E-state index in [9.17, 15) is 9.90 Å². The molecule has 2 rings (SSSR count). The lowest BCUT2D eigenvalue weighted by Crippen LogP contribution is -2.02. The van der Waals surface area contributed by atoms with Crippen molar-refractivity contribution >= 4 is 11.7 Å². The Morgan fingerprint density at radius 3 is 2.43 bits per heavy atom. The minimum Gasteiger partial charge on any atom is -0.504 e. The van der Waals surface area contributed by atoms with Gasteiger partial charge in [-0.1, -0.05) is 18.2 Å². The van der Waals surface area contributed by atoms with E-state index in [1.165, 1.54) is 7.11 Å². The van der Waals surface area contributed by atoms with Crippen LogP contribution in [0.25, 0.3) is 0 Å². The number of carbonyl (C=O) groups is 1. The Kier molecular flexibility index (Phi) is 4.66. The van der Waals surface area contributed by atoms with Gasteiger partial charge in [-0.25, -0.2) is 0 Å². The molecule has 0 aliphatic heterocycles. The highest BCUT2D eigenvalue weighted by molar-refractivity contribution is 5.70. The number of ether oxygens (including phenoxy) is 1. The van der Waals surface area contributed by atoms with Crippen LogP contribution in [0.3, 0.4) is 0 Å². The molecule has 0 fully saturated rings. The van der Waals surface area contributed by atoms with Gasteiger partial charge >= 0.3 is 5.97 Å². The maximum absolute atomic E-state index is 10.6. The molecule has 0 amide bonds. The molecule has 0 aromatic heterocycles. The van der Waals surface area contributed by atoms with Crippen molar-refractivity contribution in [2.75, 3.05) is 12.4 Å². The van der Waals surface area contributed by atoms with Crippen LogP contribution in [-0.2, 0) is 17.8 Å². The third-order valence-corrected chi connectivity index (χ3v) is 3.05. The Morgan fingerprint density at radius 2 is 1.81 bits per heavy atom. The van der Waals surface area contributed by atoms with E-state index in [0.717, 1.165) is 16.8 Å². The van der Waals surface area contributed by atoms with E-state index in [0.29, 0.717) is 12.3 Å². The highest BCUT2D eigenvalue weighted by Gasteiger charge is 2.03. The van der Waals surface area contributed by atoms with Crippen LogP contribution in [0.4, 0.5) is 5.69 Å². The van der Waals surface area contributed by atoms with Crippen molar-refractivity contribution in [2.24, 2.45) is 0 Å². The third-order valence-electron chi connectivity index (χ3n) is 3.05. The number of carboxylic acid groups (broad SMARTS) is 1. The summed E-state index contributed by atoms with van der Waals surface area (Å²) in [7, 11) is 1.51. The largest absolute Gasteiger partial charge is 0.504 e. The predicted molar refractivity (Wildman–Crippen MR) is 79.8 cm³/mol. The SMILES string of the molecule is COc1cc(CNc2ccc(CC(=O)O)cc2)ccc1O. The molecule has 0 bridgehead atoms. The first-order valence-electron chi connectivity index (χ1n) is 6.49. The number of hydrogen-bond acceptors (Lipinski definition) is 4. The first kappa shape index (κ1) is 14.7. The van der Waals surface area contributed by atoms with Gasteiger partial charge in [0.1, 0.15) is 0 Å². The number of hydrogen-bond donors (Lipinski definition) is 3. The fourth-order valence-corrected chi connectivity index (χ4v) is 1.95. The van der Waals surface area contributed by atoms with Gasteiger partial charge in [-0.05, 0) is 35.4 Å². The molecule has 0 saturated heterocycles. The molecule has 0 atom stereocenters. The number of rotatable bonds is 6.